The zero-order valence-electron chi connectivity index (χ0n) is 13.6. The number of rotatable bonds is 5. The number of carbonyl (C=O) groups is 1. The highest BCUT2D eigenvalue weighted by Gasteiger charge is 2.09. The quantitative estimate of drug-likeness (QED) is 0.891. The number of amides is 1. The van der Waals surface area contributed by atoms with Gasteiger partial charge in [0, 0.05) is 30.0 Å². The Hall–Kier alpha value is -2.30. The topological polar surface area (TPSA) is 66.9 Å². The van der Waals surface area contributed by atoms with Crippen molar-refractivity contribution in [3.8, 4) is 0 Å². The molecule has 0 saturated carbocycles. The van der Waals surface area contributed by atoms with Crippen molar-refractivity contribution in [2.45, 2.75) is 46.6 Å². The van der Waals surface area contributed by atoms with Crippen molar-refractivity contribution in [2.75, 3.05) is 5.32 Å². The van der Waals surface area contributed by atoms with Crippen LogP contribution in [0.25, 0.3) is 0 Å². The Kier molecular flexibility index (Phi) is 4.85. The van der Waals surface area contributed by atoms with E-state index in [4.69, 9.17) is 0 Å². The highest BCUT2D eigenvalue weighted by atomic mass is 16.2. The molecule has 0 atom stereocenters. The summed E-state index contributed by atoms with van der Waals surface area (Å²) in [6.07, 6.45) is 0.268. The molecule has 1 aromatic carbocycles. The van der Waals surface area contributed by atoms with Gasteiger partial charge in [-0.1, -0.05) is 26.0 Å². The van der Waals surface area contributed by atoms with Crippen molar-refractivity contribution >= 4 is 11.6 Å². The largest absolute Gasteiger partial charge is 0.326 e. The number of benzene rings is 1. The van der Waals surface area contributed by atoms with Gasteiger partial charge in [0.2, 0.25) is 5.91 Å². The highest BCUT2D eigenvalue weighted by molar-refractivity contribution is 5.90. The van der Waals surface area contributed by atoms with Crippen LogP contribution >= 0.6 is 0 Å². The maximum atomic E-state index is 12.0. The van der Waals surface area contributed by atoms with Crippen LogP contribution in [0.4, 0.5) is 5.69 Å². The molecule has 2 N–H and O–H groups in total. The van der Waals surface area contributed by atoms with Crippen LogP contribution in [0.15, 0.2) is 29.1 Å². The lowest BCUT2D eigenvalue weighted by Gasteiger charge is -2.09. The van der Waals surface area contributed by atoms with E-state index in [0.29, 0.717) is 12.5 Å². The average molecular weight is 301 g/mol. The molecule has 0 fully saturated rings. The standard InChI is InChI=1S/C17H23N3O2/c1-11(2)14-5-7-15(8-6-14)19-16(21)9-10-20-13(4)12(3)18-17(20)22/h5-8,11H,9-10H2,1-4H3,(H,18,22)(H,19,21). The molecular weight excluding hydrogens is 278 g/mol. The van der Waals surface area contributed by atoms with Gasteiger partial charge in [0.25, 0.3) is 0 Å². The van der Waals surface area contributed by atoms with Gasteiger partial charge in [-0.3, -0.25) is 9.36 Å². The fraction of sp³-hybridized carbons (Fsp3) is 0.412. The Morgan fingerprint density at radius 2 is 1.86 bits per heavy atom. The molecule has 0 aliphatic heterocycles. The van der Waals surface area contributed by atoms with Gasteiger partial charge in [-0.15, -0.1) is 0 Å². The predicted molar refractivity (Wildman–Crippen MR) is 88.3 cm³/mol. The lowest BCUT2D eigenvalue weighted by Crippen LogP contribution is -2.22. The van der Waals surface area contributed by atoms with Gasteiger partial charge in [0.05, 0.1) is 0 Å². The molecule has 2 rings (SSSR count). The molecule has 1 aromatic heterocycles. The fourth-order valence-corrected chi connectivity index (χ4v) is 2.33. The molecule has 0 radical (unpaired) electrons. The van der Waals surface area contributed by atoms with Crippen molar-refractivity contribution in [1.82, 2.24) is 9.55 Å². The molecule has 1 amide bonds. The van der Waals surface area contributed by atoms with Gasteiger partial charge in [-0.2, -0.15) is 0 Å². The Balaban J connectivity index is 1.94. The number of aromatic amines is 1. The van der Waals surface area contributed by atoms with Crippen molar-refractivity contribution in [3.63, 3.8) is 0 Å². The number of hydrogen-bond donors (Lipinski definition) is 2. The highest BCUT2D eigenvalue weighted by Crippen LogP contribution is 2.17. The number of nitrogens with one attached hydrogen (secondary N) is 2. The van der Waals surface area contributed by atoms with Crippen LogP contribution < -0.4 is 11.0 Å². The monoisotopic (exact) mass is 301 g/mol. The minimum Gasteiger partial charge on any atom is -0.326 e. The number of aromatic nitrogens is 2. The summed E-state index contributed by atoms with van der Waals surface area (Å²) in [5.41, 5.74) is 3.57. The summed E-state index contributed by atoms with van der Waals surface area (Å²) in [7, 11) is 0. The molecule has 5 nitrogen and oxygen atoms in total. The average Bonchev–Trinajstić information content (AvgIpc) is 2.70. The van der Waals surface area contributed by atoms with Crippen LogP contribution in [0.1, 0.15) is 43.1 Å². The van der Waals surface area contributed by atoms with Crippen molar-refractivity contribution in [3.05, 3.63) is 51.7 Å². The summed E-state index contributed by atoms with van der Waals surface area (Å²) < 4.78 is 1.59. The molecular formula is C17H23N3O2. The van der Waals surface area contributed by atoms with Gasteiger partial charge < -0.3 is 10.3 Å². The van der Waals surface area contributed by atoms with E-state index in [1.165, 1.54) is 5.56 Å². The van der Waals surface area contributed by atoms with Crippen molar-refractivity contribution in [1.29, 1.82) is 0 Å². The third-order valence-electron chi connectivity index (χ3n) is 3.91. The Morgan fingerprint density at radius 3 is 2.36 bits per heavy atom. The van der Waals surface area contributed by atoms with Crippen molar-refractivity contribution < 1.29 is 4.79 Å². The molecule has 0 aliphatic carbocycles. The van der Waals surface area contributed by atoms with Gasteiger partial charge in [-0.05, 0) is 37.5 Å². The summed E-state index contributed by atoms with van der Waals surface area (Å²) in [5.74, 6) is 0.374. The first kappa shape index (κ1) is 16.1. The number of H-pyrrole nitrogens is 1. The summed E-state index contributed by atoms with van der Waals surface area (Å²) in [5, 5.41) is 2.86. The summed E-state index contributed by atoms with van der Waals surface area (Å²) >= 11 is 0. The maximum Gasteiger partial charge on any atom is 0.325 e. The molecule has 0 unspecified atom stereocenters. The second kappa shape index (κ2) is 6.64. The Bertz CT molecular complexity index is 708. The minimum atomic E-state index is -0.163. The smallest absolute Gasteiger partial charge is 0.325 e. The van der Waals surface area contributed by atoms with E-state index in [-0.39, 0.29) is 18.0 Å². The first-order chi connectivity index (χ1) is 10.4. The van der Waals surface area contributed by atoms with Crippen LogP contribution in [-0.2, 0) is 11.3 Å². The van der Waals surface area contributed by atoms with E-state index in [0.717, 1.165) is 17.1 Å². The molecule has 2 aromatic rings. The SMILES string of the molecule is Cc1[nH]c(=O)n(CCC(=O)Nc2ccc(C(C)C)cc2)c1C. The second-order valence-electron chi connectivity index (χ2n) is 5.87. The first-order valence-corrected chi connectivity index (χ1v) is 7.54. The third kappa shape index (κ3) is 3.67. The second-order valence-corrected chi connectivity index (χ2v) is 5.87. The van der Waals surface area contributed by atoms with Crippen molar-refractivity contribution in [2.24, 2.45) is 0 Å². The zero-order chi connectivity index (χ0) is 16.3. The van der Waals surface area contributed by atoms with E-state index >= 15 is 0 Å². The summed E-state index contributed by atoms with van der Waals surface area (Å²) in [6, 6.07) is 7.85. The number of hydrogen-bond acceptors (Lipinski definition) is 2. The molecule has 0 bridgehead atoms. The van der Waals surface area contributed by atoms with E-state index in [1.807, 2.05) is 38.1 Å². The normalized spacial score (nSPS) is 11.0. The molecule has 0 spiro atoms. The molecule has 5 heteroatoms. The van der Waals surface area contributed by atoms with Crippen LogP contribution in [-0.4, -0.2) is 15.5 Å². The van der Waals surface area contributed by atoms with Crippen LogP contribution in [0, 0.1) is 13.8 Å². The number of carbonyl (C=O) groups excluding carboxylic acids is 1. The molecule has 0 saturated heterocycles. The fourth-order valence-electron chi connectivity index (χ4n) is 2.33. The first-order valence-electron chi connectivity index (χ1n) is 7.54. The molecule has 22 heavy (non-hydrogen) atoms. The molecule has 118 valence electrons. The number of aryl methyl sites for hydroxylation is 1. The molecule has 0 aliphatic rings. The number of nitrogens with zero attached hydrogens (tertiary/aromatic N) is 1. The number of anilines is 1. The lowest BCUT2D eigenvalue weighted by molar-refractivity contribution is -0.116. The third-order valence-corrected chi connectivity index (χ3v) is 3.91. The van der Waals surface area contributed by atoms with E-state index in [2.05, 4.69) is 24.1 Å². The van der Waals surface area contributed by atoms with Gasteiger partial charge in [0.1, 0.15) is 0 Å². The Morgan fingerprint density at radius 1 is 1.23 bits per heavy atom. The Labute approximate surface area is 130 Å². The van der Waals surface area contributed by atoms with Crippen LogP contribution in [0.2, 0.25) is 0 Å². The lowest BCUT2D eigenvalue weighted by atomic mass is 10.0. The van der Waals surface area contributed by atoms with E-state index in [9.17, 15) is 9.59 Å². The molecule has 1 heterocycles. The summed E-state index contributed by atoms with van der Waals surface area (Å²) in [6.45, 7) is 8.36. The zero-order valence-corrected chi connectivity index (χ0v) is 13.6. The van der Waals surface area contributed by atoms with E-state index in [1.54, 1.807) is 4.57 Å². The van der Waals surface area contributed by atoms with Crippen LogP contribution in [0.3, 0.4) is 0 Å². The minimum absolute atomic E-state index is 0.0950. The van der Waals surface area contributed by atoms with E-state index < -0.39 is 0 Å². The summed E-state index contributed by atoms with van der Waals surface area (Å²) in [4.78, 5) is 26.4. The van der Waals surface area contributed by atoms with Crippen LogP contribution in [0.5, 0.6) is 0 Å². The number of imidazole rings is 1. The van der Waals surface area contributed by atoms with Gasteiger partial charge in [-0.25, -0.2) is 4.79 Å². The predicted octanol–water partition coefficient (Wildman–Crippen LogP) is 2.95. The van der Waals surface area contributed by atoms with Gasteiger partial charge >= 0.3 is 5.69 Å². The maximum absolute atomic E-state index is 12.0. The van der Waals surface area contributed by atoms with Gasteiger partial charge in [0.15, 0.2) is 0 Å².